The van der Waals surface area contributed by atoms with E-state index in [-0.39, 0.29) is 31.3 Å². The predicted molar refractivity (Wildman–Crippen MR) is 125 cm³/mol. The van der Waals surface area contributed by atoms with Crippen molar-refractivity contribution in [1.29, 1.82) is 0 Å². The number of hydrogen-bond acceptors (Lipinski definition) is 6. The van der Waals surface area contributed by atoms with Crippen LogP contribution in [0.4, 0.5) is 30.6 Å². The quantitative estimate of drug-likeness (QED) is 0.482. The Balaban J connectivity index is 1.54. The summed E-state index contributed by atoms with van der Waals surface area (Å²) in [7, 11) is 0. The van der Waals surface area contributed by atoms with Crippen LogP contribution in [0.5, 0.6) is 0 Å². The Bertz CT molecular complexity index is 1240. The number of anilines is 3. The summed E-state index contributed by atoms with van der Waals surface area (Å²) in [6, 6.07) is 12.1. The van der Waals surface area contributed by atoms with E-state index in [4.69, 9.17) is 9.47 Å². The molecule has 182 valence electrons. The molecule has 1 fully saturated rings. The number of rotatable bonds is 7. The molecule has 0 bridgehead atoms. The molecule has 2 amide bonds. The Labute approximate surface area is 200 Å². The monoisotopic (exact) mass is 483 g/mol. The van der Waals surface area contributed by atoms with Crippen LogP contribution in [0, 0.1) is 11.6 Å². The lowest BCUT2D eigenvalue weighted by atomic mass is 10.1. The van der Waals surface area contributed by atoms with Crippen LogP contribution in [-0.4, -0.2) is 43.8 Å². The summed E-state index contributed by atoms with van der Waals surface area (Å²) in [6.07, 6.45) is -1.39. The van der Waals surface area contributed by atoms with E-state index in [0.29, 0.717) is 16.8 Å². The van der Waals surface area contributed by atoms with Crippen LogP contribution in [0.25, 0.3) is 11.1 Å². The molecule has 35 heavy (non-hydrogen) atoms. The fraction of sp³-hybridized carbons (Fsp3) is 0.240. The lowest BCUT2D eigenvalue weighted by Gasteiger charge is -2.16. The van der Waals surface area contributed by atoms with Gasteiger partial charge in [0, 0.05) is 24.7 Å². The number of halogens is 2. The van der Waals surface area contributed by atoms with Gasteiger partial charge >= 0.3 is 12.1 Å². The van der Waals surface area contributed by atoms with Crippen molar-refractivity contribution in [3.63, 3.8) is 0 Å². The average Bonchev–Trinajstić information content (AvgIpc) is 3.33. The van der Waals surface area contributed by atoms with Crippen molar-refractivity contribution in [3.8, 4) is 11.1 Å². The molecule has 2 N–H and O–H groups in total. The largest absolute Gasteiger partial charge is 0.462 e. The van der Waals surface area contributed by atoms with E-state index in [9.17, 15) is 23.2 Å². The molecule has 1 aliphatic heterocycles. The molecule has 3 aliphatic rings. The first-order valence-electron chi connectivity index (χ1n) is 11.0. The fourth-order valence-corrected chi connectivity index (χ4v) is 3.79. The van der Waals surface area contributed by atoms with Crippen LogP contribution in [-0.2, 0) is 14.3 Å². The van der Waals surface area contributed by atoms with Gasteiger partial charge in [-0.25, -0.2) is 18.4 Å². The van der Waals surface area contributed by atoms with Gasteiger partial charge in [-0.3, -0.25) is 9.69 Å². The zero-order valence-corrected chi connectivity index (χ0v) is 19.1. The van der Waals surface area contributed by atoms with Crippen molar-refractivity contribution in [2.45, 2.75) is 20.0 Å². The molecule has 0 saturated carbocycles. The Morgan fingerprint density at radius 3 is 2.49 bits per heavy atom. The number of cyclic esters (lactones) is 1. The number of carbonyl (C=O) groups excluding carboxylic acids is 3. The second-order valence-electron chi connectivity index (χ2n) is 7.92. The van der Waals surface area contributed by atoms with Gasteiger partial charge in [-0.1, -0.05) is 18.2 Å². The number of carbonyl (C=O) groups is 3. The van der Waals surface area contributed by atoms with E-state index in [2.05, 4.69) is 10.6 Å². The summed E-state index contributed by atoms with van der Waals surface area (Å²) in [6.45, 7) is 3.44. The molecule has 4 rings (SSSR count). The molecule has 1 atom stereocenters. The number of nitrogens with one attached hydrogen (secondary N) is 2. The highest BCUT2D eigenvalue weighted by Gasteiger charge is 2.33. The fourth-order valence-electron chi connectivity index (χ4n) is 3.79. The average molecular weight is 483 g/mol. The van der Waals surface area contributed by atoms with Crippen LogP contribution in [0.3, 0.4) is 0 Å². The normalized spacial score (nSPS) is 15.1. The van der Waals surface area contributed by atoms with Gasteiger partial charge < -0.3 is 20.1 Å². The first-order chi connectivity index (χ1) is 16.8. The first kappa shape index (κ1) is 23.9. The van der Waals surface area contributed by atoms with Gasteiger partial charge in [0.2, 0.25) is 5.91 Å². The van der Waals surface area contributed by atoms with Crippen molar-refractivity contribution < 1.29 is 32.6 Å². The second-order valence-corrected chi connectivity index (χ2v) is 7.92. The number of hydrogen-bond donors (Lipinski definition) is 2. The maximum absolute atomic E-state index is 14.9. The molecule has 1 aromatic rings. The molecular formula is C25H23F2N3O5. The molecule has 0 radical (unpaired) electrons. The van der Waals surface area contributed by atoms with Crippen LogP contribution in [0.2, 0.25) is 0 Å². The third kappa shape index (κ3) is 5.16. The smallest absolute Gasteiger partial charge is 0.414 e. The van der Waals surface area contributed by atoms with Gasteiger partial charge in [0.1, 0.15) is 11.8 Å². The molecule has 1 saturated heterocycles. The number of nitrogens with zero attached hydrogens (tertiary/aromatic N) is 1. The molecule has 10 heteroatoms. The molecule has 1 heterocycles. The molecule has 0 spiro atoms. The molecule has 1 aromatic carbocycles. The second kappa shape index (κ2) is 9.96. The van der Waals surface area contributed by atoms with E-state index in [1.807, 2.05) is 0 Å². The van der Waals surface area contributed by atoms with E-state index in [1.165, 1.54) is 6.92 Å². The van der Waals surface area contributed by atoms with E-state index >= 15 is 0 Å². The summed E-state index contributed by atoms with van der Waals surface area (Å²) in [5.41, 5.74) is 1.80. The SMILES string of the molecule is CCOC(=O)c1ccc2ccc(Nc3c(F)cc(N4C[C@H](CNC(C)=O)OC4=O)cc3F)ccc1-2. The zero-order chi connectivity index (χ0) is 25.1. The van der Waals surface area contributed by atoms with Gasteiger partial charge in [-0.15, -0.1) is 0 Å². The molecule has 8 nitrogen and oxygen atoms in total. The van der Waals surface area contributed by atoms with Gasteiger partial charge in [0.05, 0.1) is 30.9 Å². The zero-order valence-electron chi connectivity index (χ0n) is 19.1. The summed E-state index contributed by atoms with van der Waals surface area (Å²) in [4.78, 5) is 36.5. The Hall–Kier alpha value is -4.21. The number of fused-ring (bicyclic) bond motifs is 1. The molecule has 2 aliphatic carbocycles. The van der Waals surface area contributed by atoms with E-state index in [1.54, 1.807) is 43.3 Å². The minimum atomic E-state index is -0.907. The Morgan fingerprint density at radius 2 is 1.80 bits per heavy atom. The highest BCUT2D eigenvalue weighted by molar-refractivity contribution is 5.99. The lowest BCUT2D eigenvalue weighted by molar-refractivity contribution is -0.119. The Morgan fingerprint density at radius 1 is 1.11 bits per heavy atom. The van der Waals surface area contributed by atoms with Crippen LogP contribution in [0.15, 0.2) is 48.5 Å². The van der Waals surface area contributed by atoms with Gasteiger partial charge in [0.15, 0.2) is 11.6 Å². The van der Waals surface area contributed by atoms with Gasteiger partial charge in [-0.05, 0) is 36.2 Å². The topological polar surface area (TPSA) is 97.0 Å². The van der Waals surface area contributed by atoms with Crippen molar-refractivity contribution >= 4 is 35.0 Å². The summed E-state index contributed by atoms with van der Waals surface area (Å²) in [5.74, 6) is -2.54. The maximum atomic E-state index is 14.9. The van der Waals surface area contributed by atoms with Crippen LogP contribution >= 0.6 is 0 Å². The van der Waals surface area contributed by atoms with E-state index < -0.39 is 35.5 Å². The number of esters is 1. The third-order valence-corrected chi connectivity index (χ3v) is 5.46. The lowest BCUT2D eigenvalue weighted by Crippen LogP contribution is -2.33. The standard InChI is InChI=1S/C25H23F2N3O5/c1-3-34-24(32)20-8-5-15-4-6-16(7-9-19(15)20)29-23-21(26)10-17(11-22(23)27)30-13-18(35-25(30)33)12-28-14(2)31/h4-11,18,29H,3,12-13H2,1-2H3,(H,28,31)/t18-/m0/s1. The molecular weight excluding hydrogens is 460 g/mol. The predicted octanol–water partition coefficient (Wildman–Crippen LogP) is 4.45. The molecule has 0 aromatic heterocycles. The third-order valence-electron chi connectivity index (χ3n) is 5.46. The summed E-state index contributed by atoms with van der Waals surface area (Å²) in [5, 5.41) is 5.26. The number of benzene rings is 1. The highest BCUT2D eigenvalue weighted by atomic mass is 19.1. The maximum Gasteiger partial charge on any atom is 0.414 e. The van der Waals surface area contributed by atoms with Crippen LogP contribution in [0.1, 0.15) is 24.2 Å². The molecule has 0 unspecified atom stereocenters. The first-order valence-corrected chi connectivity index (χ1v) is 11.0. The van der Waals surface area contributed by atoms with Gasteiger partial charge in [-0.2, -0.15) is 0 Å². The number of ether oxygens (including phenoxy) is 2. The Kier molecular flexibility index (Phi) is 6.81. The van der Waals surface area contributed by atoms with Crippen molar-refractivity contribution in [2.75, 3.05) is 29.9 Å². The summed E-state index contributed by atoms with van der Waals surface area (Å²) < 4.78 is 40.0. The van der Waals surface area contributed by atoms with Crippen molar-refractivity contribution in [2.24, 2.45) is 0 Å². The van der Waals surface area contributed by atoms with E-state index in [0.717, 1.165) is 22.6 Å². The minimum absolute atomic E-state index is 0.00251. The van der Waals surface area contributed by atoms with Crippen molar-refractivity contribution in [3.05, 3.63) is 65.7 Å². The van der Waals surface area contributed by atoms with Gasteiger partial charge in [0.25, 0.3) is 0 Å². The van der Waals surface area contributed by atoms with Crippen LogP contribution < -0.4 is 15.5 Å². The minimum Gasteiger partial charge on any atom is -0.462 e. The van der Waals surface area contributed by atoms with Crippen molar-refractivity contribution in [1.82, 2.24) is 5.32 Å². The highest BCUT2D eigenvalue weighted by Crippen LogP contribution is 2.33. The number of amides is 2. The summed E-state index contributed by atoms with van der Waals surface area (Å²) >= 11 is 0.